The summed E-state index contributed by atoms with van der Waals surface area (Å²) in [5, 5.41) is -0.162. The first-order valence-electron chi connectivity index (χ1n) is 7.75. The number of rotatable bonds is 5. The maximum absolute atomic E-state index is 13.8. The van der Waals surface area contributed by atoms with Crippen LogP contribution in [0.1, 0.15) is 18.1 Å². The Morgan fingerprint density at radius 2 is 1.72 bits per heavy atom. The van der Waals surface area contributed by atoms with Crippen LogP contribution in [0.15, 0.2) is 53.6 Å². The molecular weight excluding hydrogens is 345 g/mol. The fourth-order valence-corrected chi connectivity index (χ4v) is 2.91. The summed E-state index contributed by atoms with van der Waals surface area (Å²) in [6.45, 7) is 2.23. The highest BCUT2D eigenvalue weighted by Crippen LogP contribution is 2.33. The van der Waals surface area contributed by atoms with Crippen molar-refractivity contribution in [1.82, 2.24) is 4.90 Å². The molecule has 2 aromatic carbocycles. The van der Waals surface area contributed by atoms with E-state index in [4.69, 9.17) is 16.3 Å². The number of amides is 2. The van der Waals surface area contributed by atoms with Crippen molar-refractivity contribution in [3.63, 3.8) is 0 Å². The Morgan fingerprint density at radius 3 is 2.36 bits per heavy atom. The van der Waals surface area contributed by atoms with Crippen LogP contribution in [0, 0.1) is 5.82 Å². The van der Waals surface area contributed by atoms with Crippen molar-refractivity contribution in [2.24, 2.45) is 0 Å². The highest BCUT2D eigenvalue weighted by molar-refractivity contribution is 6.55. The van der Waals surface area contributed by atoms with E-state index in [-0.39, 0.29) is 22.7 Å². The Morgan fingerprint density at radius 1 is 1.04 bits per heavy atom. The molecule has 2 amide bonds. The molecule has 0 bridgehead atoms. The predicted molar refractivity (Wildman–Crippen MR) is 92.3 cm³/mol. The largest absolute Gasteiger partial charge is 0.494 e. The van der Waals surface area contributed by atoms with E-state index in [0.29, 0.717) is 17.9 Å². The Labute approximate surface area is 149 Å². The zero-order valence-corrected chi connectivity index (χ0v) is 14.2. The first-order chi connectivity index (χ1) is 12.0. The van der Waals surface area contributed by atoms with Crippen LogP contribution < -0.4 is 4.74 Å². The smallest absolute Gasteiger partial charge is 0.273 e. The zero-order chi connectivity index (χ0) is 18.0. The van der Waals surface area contributed by atoms with Crippen LogP contribution >= 0.6 is 11.6 Å². The van der Waals surface area contributed by atoms with Crippen LogP contribution in [0.5, 0.6) is 5.75 Å². The van der Waals surface area contributed by atoms with Crippen molar-refractivity contribution in [2.75, 3.05) is 6.61 Å². The van der Waals surface area contributed by atoms with Gasteiger partial charge in [0.1, 0.15) is 16.6 Å². The number of carbonyl (C=O) groups excluding carboxylic acids is 2. The highest BCUT2D eigenvalue weighted by Gasteiger charge is 2.38. The molecule has 4 nitrogen and oxygen atoms in total. The van der Waals surface area contributed by atoms with E-state index in [1.807, 2.05) is 6.92 Å². The van der Waals surface area contributed by atoms with Gasteiger partial charge in [-0.15, -0.1) is 0 Å². The van der Waals surface area contributed by atoms with E-state index in [2.05, 4.69) is 0 Å². The lowest BCUT2D eigenvalue weighted by Gasteiger charge is -2.15. The molecule has 25 heavy (non-hydrogen) atoms. The number of ether oxygens (including phenoxy) is 1. The van der Waals surface area contributed by atoms with Gasteiger partial charge >= 0.3 is 0 Å². The Bertz CT molecular complexity index is 861. The number of nitrogens with zero attached hydrogens (tertiary/aromatic N) is 1. The molecule has 0 fully saturated rings. The summed E-state index contributed by atoms with van der Waals surface area (Å²) in [5.74, 6) is -0.988. The maximum Gasteiger partial charge on any atom is 0.273 e. The standard InChI is InChI=1S/C19H15ClFNO3/c1-2-25-14-9-7-12(8-10-14)16-17(20)19(24)22(18(16)23)11-13-5-3-4-6-15(13)21/h3-10H,2,11H2,1H3. The van der Waals surface area contributed by atoms with Crippen LogP contribution in [-0.4, -0.2) is 23.3 Å². The first kappa shape index (κ1) is 17.2. The SMILES string of the molecule is CCOc1ccc(C2=C(Cl)C(=O)N(Cc3ccccc3F)C2=O)cc1. The van der Waals surface area contributed by atoms with Gasteiger partial charge in [-0.05, 0) is 30.7 Å². The van der Waals surface area contributed by atoms with Gasteiger partial charge in [-0.25, -0.2) is 4.39 Å². The van der Waals surface area contributed by atoms with Crippen molar-refractivity contribution in [1.29, 1.82) is 0 Å². The second-order valence-electron chi connectivity index (χ2n) is 5.43. The van der Waals surface area contributed by atoms with Crippen LogP contribution in [0.3, 0.4) is 0 Å². The summed E-state index contributed by atoms with van der Waals surface area (Å²) in [4.78, 5) is 26.0. The zero-order valence-electron chi connectivity index (χ0n) is 13.5. The van der Waals surface area contributed by atoms with Crippen LogP contribution in [-0.2, 0) is 16.1 Å². The topological polar surface area (TPSA) is 46.6 Å². The molecule has 0 unspecified atom stereocenters. The molecule has 0 saturated carbocycles. The molecule has 0 N–H and O–H groups in total. The molecule has 0 atom stereocenters. The average Bonchev–Trinajstić information content (AvgIpc) is 2.81. The summed E-state index contributed by atoms with van der Waals surface area (Å²) >= 11 is 6.10. The average molecular weight is 360 g/mol. The molecule has 0 saturated heterocycles. The number of hydrogen-bond donors (Lipinski definition) is 0. The molecule has 1 aliphatic rings. The van der Waals surface area contributed by atoms with Gasteiger partial charge in [-0.3, -0.25) is 14.5 Å². The van der Waals surface area contributed by atoms with Crippen LogP contribution in [0.2, 0.25) is 0 Å². The molecular formula is C19H15ClFNO3. The fourth-order valence-electron chi connectivity index (χ4n) is 2.62. The van der Waals surface area contributed by atoms with Gasteiger partial charge in [-0.1, -0.05) is 41.9 Å². The summed E-state index contributed by atoms with van der Waals surface area (Å²) in [5.41, 5.74) is 0.885. The Kier molecular flexibility index (Phi) is 4.86. The maximum atomic E-state index is 13.8. The van der Waals surface area contributed by atoms with Gasteiger partial charge in [0.05, 0.1) is 18.7 Å². The van der Waals surface area contributed by atoms with E-state index < -0.39 is 17.6 Å². The van der Waals surface area contributed by atoms with Gasteiger partial charge in [0.15, 0.2) is 0 Å². The second kappa shape index (κ2) is 7.07. The summed E-state index contributed by atoms with van der Waals surface area (Å²) < 4.78 is 19.2. The summed E-state index contributed by atoms with van der Waals surface area (Å²) in [7, 11) is 0. The molecule has 6 heteroatoms. The third-order valence-electron chi connectivity index (χ3n) is 3.85. The molecule has 2 aromatic rings. The van der Waals surface area contributed by atoms with Gasteiger partial charge in [0, 0.05) is 5.56 Å². The first-order valence-corrected chi connectivity index (χ1v) is 8.13. The van der Waals surface area contributed by atoms with Crippen molar-refractivity contribution >= 4 is 29.0 Å². The second-order valence-corrected chi connectivity index (χ2v) is 5.81. The van der Waals surface area contributed by atoms with E-state index in [1.54, 1.807) is 36.4 Å². The predicted octanol–water partition coefficient (Wildman–Crippen LogP) is 3.74. The van der Waals surface area contributed by atoms with Crippen molar-refractivity contribution < 1.29 is 18.7 Å². The number of carbonyl (C=O) groups is 2. The van der Waals surface area contributed by atoms with Crippen molar-refractivity contribution in [3.8, 4) is 5.75 Å². The molecule has 1 heterocycles. The minimum atomic E-state index is -0.626. The number of benzene rings is 2. The molecule has 3 rings (SSSR count). The Balaban J connectivity index is 1.88. The third kappa shape index (κ3) is 3.28. The van der Waals surface area contributed by atoms with Crippen LogP contribution in [0.25, 0.3) is 5.57 Å². The van der Waals surface area contributed by atoms with E-state index >= 15 is 0 Å². The summed E-state index contributed by atoms with van der Waals surface area (Å²) in [6, 6.07) is 12.7. The summed E-state index contributed by atoms with van der Waals surface area (Å²) in [6.07, 6.45) is 0. The van der Waals surface area contributed by atoms with Gasteiger partial charge < -0.3 is 4.74 Å². The molecule has 128 valence electrons. The van der Waals surface area contributed by atoms with E-state index in [1.165, 1.54) is 12.1 Å². The monoisotopic (exact) mass is 359 g/mol. The van der Waals surface area contributed by atoms with Gasteiger partial charge in [0.2, 0.25) is 0 Å². The number of imide groups is 1. The molecule has 0 radical (unpaired) electrons. The quantitative estimate of drug-likeness (QED) is 0.764. The van der Waals surface area contributed by atoms with E-state index in [9.17, 15) is 14.0 Å². The Hall–Kier alpha value is -2.66. The minimum absolute atomic E-state index is 0.117. The molecule has 0 aliphatic carbocycles. The normalized spacial score (nSPS) is 14.4. The lowest BCUT2D eigenvalue weighted by Crippen LogP contribution is -2.31. The minimum Gasteiger partial charge on any atom is -0.494 e. The van der Waals surface area contributed by atoms with Gasteiger partial charge in [-0.2, -0.15) is 0 Å². The van der Waals surface area contributed by atoms with Crippen molar-refractivity contribution in [3.05, 3.63) is 70.5 Å². The highest BCUT2D eigenvalue weighted by atomic mass is 35.5. The molecule has 0 aromatic heterocycles. The third-order valence-corrected chi connectivity index (χ3v) is 4.20. The van der Waals surface area contributed by atoms with Gasteiger partial charge in [0.25, 0.3) is 11.8 Å². The number of halogens is 2. The van der Waals surface area contributed by atoms with Crippen molar-refractivity contribution in [2.45, 2.75) is 13.5 Å². The molecule has 0 spiro atoms. The lowest BCUT2D eigenvalue weighted by molar-refractivity contribution is -0.137. The van der Waals surface area contributed by atoms with Crippen LogP contribution in [0.4, 0.5) is 4.39 Å². The lowest BCUT2D eigenvalue weighted by atomic mass is 10.1. The molecule has 1 aliphatic heterocycles. The van der Waals surface area contributed by atoms with E-state index in [0.717, 1.165) is 4.90 Å². The number of hydrogen-bond acceptors (Lipinski definition) is 3. The fraction of sp³-hybridized carbons (Fsp3) is 0.158.